The summed E-state index contributed by atoms with van der Waals surface area (Å²) < 4.78 is 0. The van der Waals surface area contributed by atoms with Crippen LogP contribution in [-0.2, 0) is 6.42 Å². The number of nitrogens with one attached hydrogen (secondary N) is 4. The minimum Gasteiger partial charge on any atom is -0.340 e. The van der Waals surface area contributed by atoms with Gasteiger partial charge in [0.05, 0.1) is 11.7 Å². The normalized spacial score (nSPS) is 11.9. The van der Waals surface area contributed by atoms with Crippen LogP contribution in [0.4, 0.5) is 0 Å². The van der Waals surface area contributed by atoms with Crippen LogP contribution in [0.15, 0.2) is 59.4 Å². The summed E-state index contributed by atoms with van der Waals surface area (Å²) in [6.07, 6.45) is 0.478. The molecule has 1 amide bonds. The lowest BCUT2D eigenvalue weighted by atomic mass is 10.0. The van der Waals surface area contributed by atoms with Crippen molar-refractivity contribution in [1.82, 2.24) is 30.7 Å². The molecule has 0 fully saturated rings. The van der Waals surface area contributed by atoms with Crippen molar-refractivity contribution in [1.29, 1.82) is 0 Å². The molecule has 0 saturated heterocycles. The monoisotopic (exact) mass is 402 g/mol. The number of hydrogen-bond acceptors (Lipinski definition) is 4. The molecule has 0 saturated carbocycles. The molecule has 152 valence electrons. The Hall–Kier alpha value is -3.94. The highest BCUT2D eigenvalue weighted by Crippen LogP contribution is 2.21. The minimum atomic E-state index is -0.507. The fourth-order valence-corrected chi connectivity index (χ4v) is 3.24. The van der Waals surface area contributed by atoms with E-state index in [0.29, 0.717) is 23.6 Å². The third-order valence-corrected chi connectivity index (χ3v) is 5.06. The third-order valence-electron chi connectivity index (χ3n) is 5.06. The summed E-state index contributed by atoms with van der Waals surface area (Å²) in [5.74, 6) is 0.0356. The summed E-state index contributed by atoms with van der Waals surface area (Å²) in [7, 11) is 0. The van der Waals surface area contributed by atoms with Gasteiger partial charge in [0.25, 0.3) is 5.91 Å². The van der Waals surface area contributed by atoms with Crippen molar-refractivity contribution < 1.29 is 4.79 Å². The molecule has 1 atom stereocenters. The molecule has 0 aliphatic heterocycles. The van der Waals surface area contributed by atoms with Crippen LogP contribution in [0.25, 0.3) is 11.3 Å². The summed E-state index contributed by atoms with van der Waals surface area (Å²) in [6, 6.07) is 16.9. The van der Waals surface area contributed by atoms with E-state index >= 15 is 0 Å². The maximum atomic E-state index is 12.9. The molecule has 0 spiro atoms. The zero-order valence-corrected chi connectivity index (χ0v) is 16.7. The molecule has 2 heterocycles. The Kier molecular flexibility index (Phi) is 5.30. The van der Waals surface area contributed by atoms with E-state index in [0.717, 1.165) is 16.7 Å². The Balaban J connectivity index is 1.56. The van der Waals surface area contributed by atoms with Crippen molar-refractivity contribution in [3.8, 4) is 11.3 Å². The topological polar surface area (TPSA) is 119 Å². The summed E-state index contributed by atoms with van der Waals surface area (Å²) >= 11 is 0. The quantitative estimate of drug-likeness (QED) is 0.396. The molecule has 4 aromatic rings. The molecule has 2 aromatic heterocycles. The number of rotatable bonds is 6. The third kappa shape index (κ3) is 4.22. The van der Waals surface area contributed by atoms with Crippen LogP contribution in [0, 0.1) is 13.8 Å². The van der Waals surface area contributed by atoms with Crippen molar-refractivity contribution in [2.75, 3.05) is 0 Å². The second kappa shape index (κ2) is 8.20. The Bertz CT molecular complexity index is 1220. The smallest absolute Gasteiger partial charge is 0.340 e. The molecule has 4 N–H and O–H groups in total. The van der Waals surface area contributed by atoms with Crippen molar-refractivity contribution >= 4 is 5.91 Å². The highest BCUT2D eigenvalue weighted by atomic mass is 16.2. The van der Waals surface area contributed by atoms with E-state index in [1.807, 2.05) is 55.5 Å². The SMILES string of the molecule is Cc1ccc(-c2cc(C(=O)NC(Cc3ccccc3)c3n[nH]c(=O)[nH]3)[nH]n2)cc1C. The van der Waals surface area contributed by atoms with Gasteiger partial charge in [0.1, 0.15) is 5.69 Å². The van der Waals surface area contributed by atoms with Crippen LogP contribution < -0.4 is 11.0 Å². The Morgan fingerprint density at radius 3 is 2.50 bits per heavy atom. The van der Waals surface area contributed by atoms with Gasteiger partial charge in [-0.3, -0.25) is 14.9 Å². The summed E-state index contributed by atoms with van der Waals surface area (Å²) in [5, 5.41) is 16.4. The largest absolute Gasteiger partial charge is 0.340 e. The van der Waals surface area contributed by atoms with E-state index in [9.17, 15) is 9.59 Å². The van der Waals surface area contributed by atoms with Gasteiger partial charge in [-0.15, -0.1) is 0 Å². The molecule has 0 aliphatic carbocycles. The first-order valence-electron chi connectivity index (χ1n) is 9.62. The number of aromatic nitrogens is 5. The fraction of sp³-hybridized carbons (Fsp3) is 0.182. The van der Waals surface area contributed by atoms with E-state index in [2.05, 4.69) is 37.6 Å². The maximum Gasteiger partial charge on any atom is 0.340 e. The van der Waals surface area contributed by atoms with Gasteiger partial charge in [0.2, 0.25) is 0 Å². The summed E-state index contributed by atoms with van der Waals surface area (Å²) in [5.41, 5.74) is 4.90. The lowest BCUT2D eigenvalue weighted by molar-refractivity contribution is 0.0929. The van der Waals surface area contributed by atoms with Gasteiger partial charge >= 0.3 is 5.69 Å². The minimum absolute atomic E-state index is 0.331. The van der Waals surface area contributed by atoms with Crippen LogP contribution >= 0.6 is 0 Å². The molecule has 30 heavy (non-hydrogen) atoms. The predicted molar refractivity (Wildman–Crippen MR) is 113 cm³/mol. The molecular weight excluding hydrogens is 380 g/mol. The number of benzene rings is 2. The van der Waals surface area contributed by atoms with Gasteiger partial charge in [-0.05, 0) is 49.1 Å². The first kappa shape index (κ1) is 19.4. The Morgan fingerprint density at radius 1 is 1.00 bits per heavy atom. The van der Waals surface area contributed by atoms with Crippen LogP contribution in [0.3, 0.4) is 0 Å². The van der Waals surface area contributed by atoms with E-state index < -0.39 is 11.7 Å². The number of hydrogen-bond donors (Lipinski definition) is 4. The lowest BCUT2D eigenvalue weighted by Gasteiger charge is -2.15. The van der Waals surface area contributed by atoms with E-state index in [1.165, 1.54) is 5.56 Å². The standard InChI is InChI=1S/C22H22N6O2/c1-13-8-9-16(10-14(13)2)17-12-19(26-25-17)21(29)23-18(20-24-22(30)28-27-20)11-15-6-4-3-5-7-15/h3-10,12,18H,11H2,1-2H3,(H,23,29)(H,25,26)(H2,24,27,28,30). The zero-order chi connectivity index (χ0) is 21.1. The molecule has 0 aliphatic rings. The summed E-state index contributed by atoms with van der Waals surface area (Å²) in [4.78, 5) is 27.0. The number of H-pyrrole nitrogens is 3. The number of aryl methyl sites for hydroxylation is 2. The number of nitrogens with zero attached hydrogens (tertiary/aromatic N) is 2. The second-order valence-corrected chi connectivity index (χ2v) is 7.24. The van der Waals surface area contributed by atoms with Gasteiger partial charge in [-0.25, -0.2) is 9.89 Å². The average molecular weight is 402 g/mol. The van der Waals surface area contributed by atoms with Crippen molar-refractivity contribution in [2.45, 2.75) is 26.3 Å². The van der Waals surface area contributed by atoms with Crippen LogP contribution in [0.1, 0.15) is 39.0 Å². The first-order valence-corrected chi connectivity index (χ1v) is 9.62. The average Bonchev–Trinajstić information content (AvgIpc) is 3.40. The van der Waals surface area contributed by atoms with Gasteiger partial charge < -0.3 is 5.32 Å². The summed E-state index contributed by atoms with van der Waals surface area (Å²) in [6.45, 7) is 4.09. The Labute approximate surface area is 172 Å². The molecule has 8 nitrogen and oxygen atoms in total. The fourth-order valence-electron chi connectivity index (χ4n) is 3.24. The number of amides is 1. The molecule has 8 heteroatoms. The van der Waals surface area contributed by atoms with Gasteiger partial charge in [-0.1, -0.05) is 42.5 Å². The Morgan fingerprint density at radius 2 is 1.80 bits per heavy atom. The van der Waals surface area contributed by atoms with Gasteiger partial charge in [0.15, 0.2) is 5.82 Å². The van der Waals surface area contributed by atoms with E-state index in [1.54, 1.807) is 6.07 Å². The zero-order valence-electron chi connectivity index (χ0n) is 16.7. The van der Waals surface area contributed by atoms with Crippen molar-refractivity contribution in [2.24, 2.45) is 0 Å². The van der Waals surface area contributed by atoms with Gasteiger partial charge in [0, 0.05) is 5.56 Å². The van der Waals surface area contributed by atoms with E-state index in [4.69, 9.17) is 0 Å². The molecular formula is C22H22N6O2. The molecule has 0 radical (unpaired) electrons. The highest BCUT2D eigenvalue weighted by molar-refractivity contribution is 5.93. The predicted octanol–water partition coefficient (Wildman–Crippen LogP) is 2.82. The van der Waals surface area contributed by atoms with Gasteiger partial charge in [-0.2, -0.15) is 10.2 Å². The molecule has 0 bridgehead atoms. The number of carbonyl (C=O) groups excluding carboxylic acids is 1. The second-order valence-electron chi connectivity index (χ2n) is 7.24. The lowest BCUT2D eigenvalue weighted by Crippen LogP contribution is -2.31. The maximum absolute atomic E-state index is 12.9. The molecule has 1 unspecified atom stereocenters. The molecule has 4 rings (SSSR count). The van der Waals surface area contributed by atoms with Crippen molar-refractivity contribution in [3.63, 3.8) is 0 Å². The molecule has 2 aromatic carbocycles. The van der Waals surface area contributed by atoms with Crippen LogP contribution in [0.2, 0.25) is 0 Å². The van der Waals surface area contributed by atoms with E-state index in [-0.39, 0.29) is 5.91 Å². The van der Waals surface area contributed by atoms with Crippen LogP contribution in [-0.4, -0.2) is 31.3 Å². The van der Waals surface area contributed by atoms with Crippen LogP contribution in [0.5, 0.6) is 0 Å². The van der Waals surface area contributed by atoms with Crippen molar-refractivity contribution in [3.05, 3.63) is 93.3 Å². The number of carbonyl (C=O) groups is 1. The highest BCUT2D eigenvalue weighted by Gasteiger charge is 2.21. The first-order chi connectivity index (χ1) is 14.5. The number of aromatic amines is 3.